The van der Waals surface area contributed by atoms with E-state index in [1.165, 1.54) is 4.57 Å². The quantitative estimate of drug-likeness (QED) is 0.346. The number of hydrogen-bond donors (Lipinski definition) is 1. The first kappa shape index (κ1) is 16.3. The highest BCUT2D eigenvalue weighted by Gasteiger charge is 2.01. The highest BCUT2D eigenvalue weighted by atomic mass is 32.1. The molecule has 0 bridgehead atoms. The molecule has 1 aromatic heterocycles. The van der Waals surface area contributed by atoms with E-state index in [0.717, 1.165) is 38.0 Å². The Morgan fingerprint density at radius 1 is 1.45 bits per heavy atom. The summed E-state index contributed by atoms with van der Waals surface area (Å²) in [5.74, 6) is -1.25. The van der Waals surface area contributed by atoms with Crippen LogP contribution in [0.2, 0.25) is 0 Å². The molecule has 5 nitrogen and oxygen atoms in total. The standard InChI is InChI=1S/C13H17FN2O3S/c1-2-11(17)19-8-6-4-3-5-7-16-9-10(14)12(18)15-13(16)20/h2,9H,1,3-8H2,(H,15,18,20). The maximum atomic E-state index is 13.1. The fraction of sp³-hybridized carbons (Fsp3) is 0.462. The fourth-order valence-electron chi connectivity index (χ4n) is 1.62. The van der Waals surface area contributed by atoms with Gasteiger partial charge in [-0.1, -0.05) is 13.0 Å². The molecule has 110 valence electrons. The second kappa shape index (κ2) is 8.42. The number of unbranched alkanes of at least 4 members (excludes halogenated alkanes) is 3. The second-order valence-electron chi connectivity index (χ2n) is 4.22. The first-order chi connectivity index (χ1) is 9.54. The van der Waals surface area contributed by atoms with Gasteiger partial charge in [-0.2, -0.15) is 4.39 Å². The van der Waals surface area contributed by atoms with E-state index in [4.69, 9.17) is 17.0 Å². The molecule has 0 spiro atoms. The Balaban J connectivity index is 2.23. The van der Waals surface area contributed by atoms with Gasteiger partial charge in [0.2, 0.25) is 5.82 Å². The van der Waals surface area contributed by atoms with Crippen LogP contribution in [-0.4, -0.2) is 22.1 Å². The highest BCUT2D eigenvalue weighted by molar-refractivity contribution is 7.71. The van der Waals surface area contributed by atoms with E-state index in [-0.39, 0.29) is 4.77 Å². The number of ether oxygens (including phenoxy) is 1. The van der Waals surface area contributed by atoms with E-state index < -0.39 is 17.3 Å². The number of halogens is 1. The average molecular weight is 300 g/mol. The van der Waals surface area contributed by atoms with Crippen molar-refractivity contribution in [3.63, 3.8) is 0 Å². The van der Waals surface area contributed by atoms with Crippen LogP contribution >= 0.6 is 12.2 Å². The van der Waals surface area contributed by atoms with Gasteiger partial charge in [0, 0.05) is 18.8 Å². The summed E-state index contributed by atoms with van der Waals surface area (Å²) < 4.78 is 19.6. The van der Waals surface area contributed by atoms with Crippen LogP contribution in [0, 0.1) is 10.6 Å². The number of aryl methyl sites for hydroxylation is 1. The minimum absolute atomic E-state index is 0.219. The number of esters is 1. The van der Waals surface area contributed by atoms with Crippen molar-refractivity contribution in [2.45, 2.75) is 32.2 Å². The molecular weight excluding hydrogens is 283 g/mol. The Morgan fingerprint density at radius 3 is 2.85 bits per heavy atom. The third-order valence-electron chi connectivity index (χ3n) is 2.67. The minimum Gasteiger partial charge on any atom is -0.463 e. The number of rotatable bonds is 8. The number of carbonyl (C=O) groups excluding carboxylic acids is 1. The third-order valence-corrected chi connectivity index (χ3v) is 3.01. The zero-order valence-electron chi connectivity index (χ0n) is 11.1. The molecule has 0 aromatic carbocycles. The number of nitrogens with one attached hydrogen (secondary N) is 1. The van der Waals surface area contributed by atoms with Crippen LogP contribution in [0.4, 0.5) is 4.39 Å². The molecule has 1 aromatic rings. The molecule has 0 radical (unpaired) electrons. The van der Waals surface area contributed by atoms with Crippen LogP contribution in [-0.2, 0) is 16.1 Å². The third kappa shape index (κ3) is 5.48. The summed E-state index contributed by atoms with van der Waals surface area (Å²) in [6, 6.07) is 0. The normalized spacial score (nSPS) is 10.2. The lowest BCUT2D eigenvalue weighted by molar-refractivity contribution is -0.137. The molecule has 0 aliphatic rings. The SMILES string of the molecule is C=CC(=O)OCCCCCCn1cc(F)c(=O)[nH]c1=S. The zero-order valence-corrected chi connectivity index (χ0v) is 11.9. The van der Waals surface area contributed by atoms with Crippen molar-refractivity contribution in [2.24, 2.45) is 0 Å². The number of hydrogen-bond acceptors (Lipinski definition) is 4. The Kier molecular flexibility index (Phi) is 6.86. The smallest absolute Gasteiger partial charge is 0.330 e. The number of carbonyl (C=O) groups is 1. The molecule has 20 heavy (non-hydrogen) atoms. The Labute approximate surface area is 121 Å². The molecule has 7 heteroatoms. The molecule has 1 N–H and O–H groups in total. The molecule has 0 saturated carbocycles. The first-order valence-electron chi connectivity index (χ1n) is 6.33. The molecule has 1 rings (SSSR count). The van der Waals surface area contributed by atoms with Gasteiger partial charge in [0.15, 0.2) is 4.77 Å². The van der Waals surface area contributed by atoms with Crippen LogP contribution < -0.4 is 5.56 Å². The van der Waals surface area contributed by atoms with Gasteiger partial charge < -0.3 is 9.30 Å². The fourth-order valence-corrected chi connectivity index (χ4v) is 1.85. The summed E-state index contributed by atoms with van der Waals surface area (Å²) in [4.78, 5) is 24.0. The van der Waals surface area contributed by atoms with Gasteiger partial charge in [0.1, 0.15) is 0 Å². The maximum Gasteiger partial charge on any atom is 0.330 e. The van der Waals surface area contributed by atoms with Crippen LogP contribution in [0.1, 0.15) is 25.7 Å². The number of aromatic amines is 1. The van der Waals surface area contributed by atoms with Gasteiger partial charge in [0.25, 0.3) is 5.56 Å². The number of H-pyrrole nitrogens is 1. The van der Waals surface area contributed by atoms with E-state index in [1.807, 2.05) is 0 Å². The predicted molar refractivity (Wildman–Crippen MR) is 75.5 cm³/mol. The summed E-state index contributed by atoms with van der Waals surface area (Å²) in [7, 11) is 0. The molecule has 0 saturated heterocycles. The lowest BCUT2D eigenvalue weighted by Gasteiger charge is -2.06. The monoisotopic (exact) mass is 300 g/mol. The first-order valence-corrected chi connectivity index (χ1v) is 6.74. The lowest BCUT2D eigenvalue weighted by atomic mass is 10.2. The molecule has 0 amide bonds. The van der Waals surface area contributed by atoms with Crippen molar-refractivity contribution in [2.75, 3.05) is 6.61 Å². The summed E-state index contributed by atoms with van der Waals surface area (Å²) in [6.07, 6.45) is 5.61. The lowest BCUT2D eigenvalue weighted by Crippen LogP contribution is -2.16. The van der Waals surface area contributed by atoms with Crippen molar-refractivity contribution in [3.05, 3.63) is 39.8 Å². The van der Waals surface area contributed by atoms with E-state index in [1.54, 1.807) is 0 Å². The van der Waals surface area contributed by atoms with Gasteiger partial charge in [-0.05, 0) is 31.5 Å². The van der Waals surface area contributed by atoms with E-state index in [0.29, 0.717) is 13.2 Å². The molecule has 0 aliphatic carbocycles. The number of aromatic nitrogens is 2. The van der Waals surface area contributed by atoms with Crippen LogP contribution in [0.25, 0.3) is 0 Å². The Hall–Kier alpha value is -1.76. The van der Waals surface area contributed by atoms with E-state index >= 15 is 0 Å². The van der Waals surface area contributed by atoms with Crippen LogP contribution in [0.15, 0.2) is 23.6 Å². The van der Waals surface area contributed by atoms with Gasteiger partial charge in [-0.25, -0.2) is 4.79 Å². The maximum absolute atomic E-state index is 13.1. The topological polar surface area (TPSA) is 64.1 Å². The van der Waals surface area contributed by atoms with Crippen LogP contribution in [0.5, 0.6) is 0 Å². The largest absolute Gasteiger partial charge is 0.463 e. The van der Waals surface area contributed by atoms with E-state index in [9.17, 15) is 14.0 Å². The van der Waals surface area contributed by atoms with Crippen molar-refractivity contribution >= 4 is 18.2 Å². The molecule has 0 unspecified atom stereocenters. The number of nitrogens with zero attached hydrogens (tertiary/aromatic N) is 1. The summed E-state index contributed by atoms with van der Waals surface area (Å²) in [5, 5.41) is 0. The van der Waals surface area contributed by atoms with Crippen molar-refractivity contribution < 1.29 is 13.9 Å². The van der Waals surface area contributed by atoms with Gasteiger partial charge in [-0.15, -0.1) is 0 Å². The molecule has 1 heterocycles. The van der Waals surface area contributed by atoms with E-state index in [2.05, 4.69) is 11.6 Å². The Morgan fingerprint density at radius 2 is 2.15 bits per heavy atom. The Bertz CT molecular complexity index is 580. The van der Waals surface area contributed by atoms with Gasteiger partial charge in [0.05, 0.1) is 6.61 Å². The van der Waals surface area contributed by atoms with Crippen molar-refractivity contribution in [1.82, 2.24) is 9.55 Å². The van der Waals surface area contributed by atoms with Crippen molar-refractivity contribution in [3.8, 4) is 0 Å². The second-order valence-corrected chi connectivity index (χ2v) is 4.60. The summed E-state index contributed by atoms with van der Waals surface area (Å²) in [6.45, 7) is 4.21. The van der Waals surface area contributed by atoms with Crippen LogP contribution in [0.3, 0.4) is 0 Å². The summed E-state index contributed by atoms with van der Waals surface area (Å²) in [5.41, 5.74) is -0.796. The molecule has 0 fully saturated rings. The summed E-state index contributed by atoms with van der Waals surface area (Å²) >= 11 is 4.93. The predicted octanol–water partition coefficient (Wildman–Crippen LogP) is 2.33. The highest BCUT2D eigenvalue weighted by Crippen LogP contribution is 2.03. The zero-order chi connectivity index (χ0) is 15.0. The minimum atomic E-state index is -0.838. The molecule has 0 atom stereocenters. The average Bonchev–Trinajstić information content (AvgIpc) is 2.42. The van der Waals surface area contributed by atoms with Gasteiger partial charge in [-0.3, -0.25) is 9.78 Å². The van der Waals surface area contributed by atoms with Gasteiger partial charge >= 0.3 is 5.97 Å². The molecule has 0 aliphatic heterocycles. The molecular formula is C13H17FN2O3S. The van der Waals surface area contributed by atoms with Crippen molar-refractivity contribution in [1.29, 1.82) is 0 Å².